The van der Waals surface area contributed by atoms with Crippen molar-refractivity contribution in [1.29, 1.82) is 0 Å². The van der Waals surface area contributed by atoms with E-state index in [-0.39, 0.29) is 5.91 Å². The van der Waals surface area contributed by atoms with Gasteiger partial charge in [0.1, 0.15) is 15.6 Å². The minimum atomic E-state index is -0.185. The van der Waals surface area contributed by atoms with Gasteiger partial charge in [-0.25, -0.2) is 4.98 Å². The number of hydrogen-bond donors (Lipinski definition) is 1. The second-order valence-corrected chi connectivity index (χ2v) is 6.48. The summed E-state index contributed by atoms with van der Waals surface area (Å²) in [6.45, 7) is 3.91. The van der Waals surface area contributed by atoms with Crippen molar-refractivity contribution in [2.75, 3.05) is 12.4 Å². The van der Waals surface area contributed by atoms with Crippen LogP contribution in [-0.4, -0.2) is 23.0 Å². The third-order valence-electron chi connectivity index (χ3n) is 3.78. The highest BCUT2D eigenvalue weighted by molar-refractivity contribution is 7.17. The highest BCUT2D eigenvalue weighted by Crippen LogP contribution is 2.30. The van der Waals surface area contributed by atoms with E-state index in [2.05, 4.69) is 22.2 Å². The van der Waals surface area contributed by atoms with Crippen molar-refractivity contribution >= 4 is 22.9 Å². The van der Waals surface area contributed by atoms with Gasteiger partial charge in [0.05, 0.1) is 18.5 Å². The zero-order valence-corrected chi connectivity index (χ0v) is 15.2. The van der Waals surface area contributed by atoms with Crippen molar-refractivity contribution in [2.45, 2.75) is 20.3 Å². The van der Waals surface area contributed by atoms with Gasteiger partial charge < -0.3 is 10.1 Å². The Morgan fingerprint density at radius 1 is 1.28 bits per heavy atom. The van der Waals surface area contributed by atoms with E-state index in [0.29, 0.717) is 22.0 Å². The standard InChI is InChI=1S/C19H19N3O2S/c1-4-14-11-13(9-10-20-14)19-21-12(2)17(25-19)18(23)22-15-7-5-6-8-16(15)24-3/h5-11H,4H2,1-3H3,(H,22,23). The molecule has 0 spiro atoms. The average Bonchev–Trinajstić information content (AvgIpc) is 3.04. The first-order chi connectivity index (χ1) is 12.1. The molecule has 0 bridgehead atoms. The van der Waals surface area contributed by atoms with Gasteiger partial charge in [-0.2, -0.15) is 0 Å². The van der Waals surface area contributed by atoms with Crippen molar-refractivity contribution in [3.05, 3.63) is 58.9 Å². The van der Waals surface area contributed by atoms with Crippen LogP contribution in [0.5, 0.6) is 5.75 Å². The molecular weight excluding hydrogens is 334 g/mol. The molecular formula is C19H19N3O2S. The fourth-order valence-corrected chi connectivity index (χ4v) is 3.42. The lowest BCUT2D eigenvalue weighted by molar-refractivity contribution is 0.102. The number of pyridine rings is 1. The molecule has 0 aliphatic carbocycles. The van der Waals surface area contributed by atoms with Crippen molar-refractivity contribution < 1.29 is 9.53 Å². The van der Waals surface area contributed by atoms with Crippen molar-refractivity contribution in [3.63, 3.8) is 0 Å². The maximum atomic E-state index is 12.7. The number of para-hydroxylation sites is 2. The Kier molecular flexibility index (Phi) is 5.09. The molecule has 1 amide bonds. The van der Waals surface area contributed by atoms with Crippen LogP contribution in [0.25, 0.3) is 10.6 Å². The van der Waals surface area contributed by atoms with E-state index in [1.165, 1.54) is 11.3 Å². The number of anilines is 1. The number of carbonyl (C=O) groups is 1. The fourth-order valence-electron chi connectivity index (χ4n) is 2.46. The Labute approximate surface area is 150 Å². The molecule has 0 saturated heterocycles. The van der Waals surface area contributed by atoms with E-state index in [1.807, 2.05) is 43.3 Å². The molecule has 0 saturated carbocycles. The molecule has 1 N–H and O–H groups in total. The summed E-state index contributed by atoms with van der Waals surface area (Å²) in [5.41, 5.74) is 3.34. The number of rotatable bonds is 5. The van der Waals surface area contributed by atoms with Crippen molar-refractivity contribution in [1.82, 2.24) is 9.97 Å². The average molecular weight is 353 g/mol. The number of thiazole rings is 1. The predicted octanol–water partition coefficient (Wildman–Crippen LogP) is 4.34. The quantitative estimate of drug-likeness (QED) is 0.741. The Morgan fingerprint density at radius 3 is 2.84 bits per heavy atom. The van der Waals surface area contributed by atoms with Crippen LogP contribution >= 0.6 is 11.3 Å². The number of nitrogens with zero attached hydrogens (tertiary/aromatic N) is 2. The van der Waals surface area contributed by atoms with Crippen LogP contribution in [0.3, 0.4) is 0 Å². The molecule has 1 aromatic carbocycles. The maximum Gasteiger partial charge on any atom is 0.267 e. The SMILES string of the molecule is CCc1cc(-c2nc(C)c(C(=O)Nc3ccccc3OC)s2)ccn1. The normalized spacial score (nSPS) is 10.5. The van der Waals surface area contributed by atoms with Crippen LogP contribution in [0.15, 0.2) is 42.6 Å². The third-order valence-corrected chi connectivity index (χ3v) is 4.99. The molecule has 3 rings (SSSR count). The van der Waals surface area contributed by atoms with Gasteiger partial charge in [0.2, 0.25) is 0 Å². The van der Waals surface area contributed by atoms with Gasteiger partial charge in [-0.3, -0.25) is 9.78 Å². The molecule has 25 heavy (non-hydrogen) atoms. The van der Waals surface area contributed by atoms with Gasteiger partial charge >= 0.3 is 0 Å². The van der Waals surface area contributed by atoms with E-state index >= 15 is 0 Å². The van der Waals surface area contributed by atoms with Gasteiger partial charge in [0.15, 0.2) is 0 Å². The fraction of sp³-hybridized carbons (Fsp3) is 0.211. The first-order valence-corrected chi connectivity index (χ1v) is 8.81. The zero-order valence-electron chi connectivity index (χ0n) is 14.4. The summed E-state index contributed by atoms with van der Waals surface area (Å²) in [6, 6.07) is 11.3. The largest absolute Gasteiger partial charge is 0.495 e. The molecule has 0 aliphatic rings. The Morgan fingerprint density at radius 2 is 2.08 bits per heavy atom. The summed E-state index contributed by atoms with van der Waals surface area (Å²) in [4.78, 5) is 22.1. The van der Waals surface area contributed by atoms with Crippen LogP contribution in [0, 0.1) is 6.92 Å². The van der Waals surface area contributed by atoms with Crippen LogP contribution < -0.4 is 10.1 Å². The molecule has 0 aliphatic heterocycles. The zero-order chi connectivity index (χ0) is 17.8. The van der Waals surface area contributed by atoms with E-state index < -0.39 is 0 Å². The number of nitrogens with one attached hydrogen (secondary N) is 1. The molecule has 6 heteroatoms. The number of methoxy groups -OCH3 is 1. The van der Waals surface area contributed by atoms with E-state index in [0.717, 1.165) is 22.7 Å². The van der Waals surface area contributed by atoms with Crippen molar-refractivity contribution in [2.24, 2.45) is 0 Å². The molecule has 0 fully saturated rings. The first-order valence-electron chi connectivity index (χ1n) is 7.99. The lowest BCUT2D eigenvalue weighted by atomic mass is 10.2. The highest BCUT2D eigenvalue weighted by atomic mass is 32.1. The van der Waals surface area contributed by atoms with Crippen LogP contribution in [0.2, 0.25) is 0 Å². The number of ether oxygens (including phenoxy) is 1. The molecule has 0 atom stereocenters. The van der Waals surface area contributed by atoms with Gasteiger partial charge in [0, 0.05) is 17.5 Å². The Balaban J connectivity index is 1.88. The molecule has 5 nitrogen and oxygen atoms in total. The minimum Gasteiger partial charge on any atom is -0.495 e. The second kappa shape index (κ2) is 7.44. The Bertz CT molecular complexity index is 905. The summed E-state index contributed by atoms with van der Waals surface area (Å²) in [5.74, 6) is 0.440. The number of amides is 1. The summed E-state index contributed by atoms with van der Waals surface area (Å²) in [6.07, 6.45) is 2.64. The topological polar surface area (TPSA) is 64.1 Å². The number of carbonyl (C=O) groups excluding carboxylic acids is 1. The van der Waals surface area contributed by atoms with Crippen LogP contribution in [0.4, 0.5) is 5.69 Å². The Hall–Kier alpha value is -2.73. The number of hydrogen-bond acceptors (Lipinski definition) is 5. The molecule has 3 aromatic rings. The highest BCUT2D eigenvalue weighted by Gasteiger charge is 2.17. The van der Waals surface area contributed by atoms with Crippen LogP contribution in [0.1, 0.15) is 28.0 Å². The van der Waals surface area contributed by atoms with E-state index in [4.69, 9.17) is 4.74 Å². The first kappa shape index (κ1) is 17.1. The van der Waals surface area contributed by atoms with Gasteiger partial charge in [-0.1, -0.05) is 19.1 Å². The lowest BCUT2D eigenvalue weighted by Gasteiger charge is -2.08. The summed E-state index contributed by atoms with van der Waals surface area (Å²) < 4.78 is 5.28. The predicted molar refractivity (Wildman–Crippen MR) is 100 cm³/mol. The third kappa shape index (κ3) is 3.69. The number of aromatic nitrogens is 2. The maximum absolute atomic E-state index is 12.7. The van der Waals surface area contributed by atoms with E-state index in [1.54, 1.807) is 13.3 Å². The molecule has 2 heterocycles. The summed E-state index contributed by atoms with van der Waals surface area (Å²) in [7, 11) is 1.58. The van der Waals surface area contributed by atoms with E-state index in [9.17, 15) is 4.79 Å². The molecule has 128 valence electrons. The number of benzene rings is 1. The van der Waals surface area contributed by atoms with Gasteiger partial charge in [-0.15, -0.1) is 11.3 Å². The minimum absolute atomic E-state index is 0.185. The van der Waals surface area contributed by atoms with Gasteiger partial charge in [-0.05, 0) is 37.6 Å². The molecule has 0 radical (unpaired) electrons. The number of aryl methyl sites for hydroxylation is 2. The molecule has 2 aromatic heterocycles. The lowest BCUT2D eigenvalue weighted by Crippen LogP contribution is -2.12. The van der Waals surface area contributed by atoms with Crippen LogP contribution in [-0.2, 0) is 6.42 Å². The second-order valence-electron chi connectivity index (χ2n) is 5.48. The smallest absolute Gasteiger partial charge is 0.267 e. The van der Waals surface area contributed by atoms with Crippen molar-refractivity contribution in [3.8, 4) is 16.3 Å². The van der Waals surface area contributed by atoms with Gasteiger partial charge in [0.25, 0.3) is 5.91 Å². The summed E-state index contributed by atoms with van der Waals surface area (Å²) >= 11 is 1.38. The summed E-state index contributed by atoms with van der Waals surface area (Å²) in [5, 5.41) is 3.72. The monoisotopic (exact) mass is 353 g/mol. The molecule has 0 unspecified atom stereocenters.